The molecule has 12 heavy (non-hydrogen) atoms. The van der Waals surface area contributed by atoms with E-state index >= 15 is 0 Å². The predicted molar refractivity (Wildman–Crippen MR) is 42.7 cm³/mol. The second kappa shape index (κ2) is 3.51. The molecule has 0 bridgehead atoms. The Bertz CT molecular complexity index is 220. The summed E-state index contributed by atoms with van der Waals surface area (Å²) >= 11 is -2.01. The Labute approximate surface area is 72.8 Å². The van der Waals surface area contributed by atoms with Gasteiger partial charge >= 0.3 is 0 Å². The van der Waals surface area contributed by atoms with Crippen molar-refractivity contribution in [1.29, 1.82) is 0 Å². The van der Waals surface area contributed by atoms with Crippen molar-refractivity contribution in [3.63, 3.8) is 0 Å². The van der Waals surface area contributed by atoms with E-state index in [1.807, 2.05) is 0 Å². The number of ether oxygens (including phenoxy) is 1. The summed E-state index contributed by atoms with van der Waals surface area (Å²) in [6.45, 7) is 1.70. The minimum atomic E-state index is -2.01. The van der Waals surface area contributed by atoms with Gasteiger partial charge in [-0.3, -0.25) is 4.79 Å². The van der Waals surface area contributed by atoms with Crippen molar-refractivity contribution in [1.82, 2.24) is 5.32 Å². The SMILES string of the molecule is COC(C)C1C(=O)NC1S(=O)O. The highest BCUT2D eigenvalue weighted by Crippen LogP contribution is 2.22. The molecule has 0 aromatic rings. The first-order chi connectivity index (χ1) is 5.57. The Kier molecular flexibility index (Phi) is 2.81. The topological polar surface area (TPSA) is 75.6 Å². The number of β-lactam (4-membered cyclic amide) rings is 1. The lowest BCUT2D eigenvalue weighted by atomic mass is 9.96. The molecular formula is C6H11NO4S. The minimum Gasteiger partial charge on any atom is -0.381 e. The van der Waals surface area contributed by atoms with Crippen LogP contribution in [0.3, 0.4) is 0 Å². The van der Waals surface area contributed by atoms with Crippen LogP contribution >= 0.6 is 0 Å². The summed E-state index contributed by atoms with van der Waals surface area (Å²) < 4.78 is 24.2. The Hall–Kier alpha value is -0.460. The molecule has 1 heterocycles. The van der Waals surface area contributed by atoms with E-state index in [4.69, 9.17) is 9.29 Å². The number of methoxy groups -OCH3 is 1. The molecule has 6 heteroatoms. The number of hydrogen-bond donors (Lipinski definition) is 2. The normalized spacial score (nSPS) is 33.4. The van der Waals surface area contributed by atoms with Crippen molar-refractivity contribution >= 4 is 17.0 Å². The summed E-state index contributed by atoms with van der Waals surface area (Å²) in [7, 11) is 1.47. The molecule has 0 radical (unpaired) electrons. The van der Waals surface area contributed by atoms with Gasteiger partial charge in [-0.2, -0.15) is 0 Å². The van der Waals surface area contributed by atoms with E-state index in [-0.39, 0.29) is 12.0 Å². The number of rotatable bonds is 3. The van der Waals surface area contributed by atoms with Crippen molar-refractivity contribution in [3.8, 4) is 0 Å². The molecule has 0 aliphatic carbocycles. The van der Waals surface area contributed by atoms with Gasteiger partial charge in [0.15, 0.2) is 11.1 Å². The van der Waals surface area contributed by atoms with Crippen LogP contribution in [0.25, 0.3) is 0 Å². The van der Waals surface area contributed by atoms with Crippen LogP contribution in [0.15, 0.2) is 0 Å². The van der Waals surface area contributed by atoms with Crippen molar-refractivity contribution < 1.29 is 18.3 Å². The molecule has 2 N–H and O–H groups in total. The Balaban J connectivity index is 2.61. The van der Waals surface area contributed by atoms with Gasteiger partial charge in [-0.15, -0.1) is 0 Å². The van der Waals surface area contributed by atoms with Crippen LogP contribution in [0.1, 0.15) is 6.92 Å². The molecule has 1 aliphatic rings. The van der Waals surface area contributed by atoms with Crippen molar-refractivity contribution in [3.05, 3.63) is 0 Å². The summed E-state index contributed by atoms with van der Waals surface area (Å²) in [5.74, 6) is -0.724. The van der Waals surface area contributed by atoms with E-state index in [9.17, 15) is 9.00 Å². The van der Waals surface area contributed by atoms with Gasteiger partial charge < -0.3 is 14.6 Å². The lowest BCUT2D eigenvalue weighted by Gasteiger charge is -2.36. The van der Waals surface area contributed by atoms with Crippen LogP contribution < -0.4 is 5.32 Å². The molecule has 1 amide bonds. The first-order valence-electron chi connectivity index (χ1n) is 3.50. The molecule has 1 fully saturated rings. The monoisotopic (exact) mass is 193 g/mol. The Morgan fingerprint density at radius 2 is 2.33 bits per heavy atom. The molecule has 1 saturated heterocycles. The highest BCUT2D eigenvalue weighted by Gasteiger charge is 2.46. The summed E-state index contributed by atoms with van der Waals surface area (Å²) in [5, 5.41) is 1.66. The average molecular weight is 193 g/mol. The van der Waals surface area contributed by atoms with Crippen LogP contribution in [0.2, 0.25) is 0 Å². The third-order valence-corrected chi connectivity index (χ3v) is 2.85. The quantitative estimate of drug-likeness (QED) is 0.460. The van der Waals surface area contributed by atoms with Crippen molar-refractivity contribution in [2.45, 2.75) is 18.4 Å². The summed E-state index contributed by atoms with van der Waals surface area (Å²) in [4.78, 5) is 10.9. The third-order valence-electron chi connectivity index (χ3n) is 2.01. The first-order valence-corrected chi connectivity index (χ1v) is 4.67. The zero-order chi connectivity index (χ0) is 9.30. The maximum Gasteiger partial charge on any atom is 0.229 e. The van der Waals surface area contributed by atoms with Crippen LogP contribution in [0.5, 0.6) is 0 Å². The van der Waals surface area contributed by atoms with Crippen LogP contribution in [-0.2, 0) is 20.6 Å². The highest BCUT2D eigenvalue weighted by molar-refractivity contribution is 7.80. The molecule has 70 valence electrons. The first kappa shape index (κ1) is 9.63. The van der Waals surface area contributed by atoms with Gasteiger partial charge in [0.1, 0.15) is 5.37 Å². The summed E-state index contributed by atoms with van der Waals surface area (Å²) in [5.41, 5.74) is 0. The predicted octanol–water partition coefficient (Wildman–Crippen LogP) is -0.685. The van der Waals surface area contributed by atoms with Crippen molar-refractivity contribution in [2.75, 3.05) is 7.11 Å². The van der Waals surface area contributed by atoms with Gasteiger partial charge in [0.2, 0.25) is 5.91 Å². The fourth-order valence-electron chi connectivity index (χ4n) is 1.15. The molecule has 0 aromatic carbocycles. The second-order valence-corrected chi connectivity index (χ2v) is 3.73. The molecule has 0 aromatic heterocycles. The molecule has 0 spiro atoms. The van der Waals surface area contributed by atoms with Crippen molar-refractivity contribution in [2.24, 2.45) is 5.92 Å². The van der Waals surface area contributed by atoms with E-state index in [0.29, 0.717) is 0 Å². The third kappa shape index (κ3) is 1.50. The molecule has 1 aliphatic heterocycles. The molecule has 0 saturated carbocycles. The molecule has 4 unspecified atom stereocenters. The summed E-state index contributed by atoms with van der Waals surface area (Å²) in [6.07, 6.45) is -0.320. The van der Waals surface area contributed by atoms with E-state index in [1.54, 1.807) is 6.92 Å². The largest absolute Gasteiger partial charge is 0.381 e. The van der Waals surface area contributed by atoms with Gasteiger partial charge in [0, 0.05) is 7.11 Å². The number of nitrogens with one attached hydrogen (secondary N) is 1. The lowest BCUT2D eigenvalue weighted by molar-refractivity contribution is -0.138. The zero-order valence-corrected chi connectivity index (χ0v) is 7.63. The van der Waals surface area contributed by atoms with E-state index in [0.717, 1.165) is 0 Å². The van der Waals surface area contributed by atoms with Crippen LogP contribution in [0.4, 0.5) is 0 Å². The average Bonchev–Trinajstić information content (AvgIpc) is 1.99. The zero-order valence-electron chi connectivity index (χ0n) is 6.81. The smallest absolute Gasteiger partial charge is 0.229 e. The number of carbonyl (C=O) groups excluding carboxylic acids is 1. The van der Waals surface area contributed by atoms with Gasteiger partial charge in [-0.05, 0) is 6.92 Å². The Morgan fingerprint density at radius 3 is 2.67 bits per heavy atom. The maximum absolute atomic E-state index is 10.9. The Morgan fingerprint density at radius 1 is 1.75 bits per heavy atom. The lowest BCUT2D eigenvalue weighted by Crippen LogP contribution is -2.63. The number of carbonyl (C=O) groups is 1. The van der Waals surface area contributed by atoms with Crippen LogP contribution in [-0.4, -0.2) is 33.3 Å². The highest BCUT2D eigenvalue weighted by atomic mass is 32.2. The van der Waals surface area contributed by atoms with Gasteiger partial charge in [0.05, 0.1) is 12.0 Å². The van der Waals surface area contributed by atoms with Crippen LogP contribution in [0, 0.1) is 5.92 Å². The van der Waals surface area contributed by atoms with Gasteiger partial charge in [-0.25, -0.2) is 4.21 Å². The van der Waals surface area contributed by atoms with E-state index in [2.05, 4.69) is 5.32 Å². The number of hydrogen-bond acceptors (Lipinski definition) is 3. The number of amides is 1. The minimum absolute atomic E-state index is 0.225. The molecule has 1 rings (SSSR count). The van der Waals surface area contributed by atoms with Gasteiger partial charge in [-0.1, -0.05) is 0 Å². The second-order valence-electron chi connectivity index (χ2n) is 2.67. The van der Waals surface area contributed by atoms with E-state index < -0.39 is 22.4 Å². The molecule has 4 atom stereocenters. The fraction of sp³-hybridized carbons (Fsp3) is 0.833. The molecule has 5 nitrogen and oxygen atoms in total. The maximum atomic E-state index is 10.9. The standard InChI is InChI=1S/C6H11NO4S/c1-3(11-2)4-5(8)7-6(4)12(9)10/h3-4,6H,1-2H3,(H,7,8)(H,9,10). The fourth-order valence-corrected chi connectivity index (χ4v) is 1.96. The van der Waals surface area contributed by atoms with E-state index in [1.165, 1.54) is 7.11 Å². The van der Waals surface area contributed by atoms with Gasteiger partial charge in [0.25, 0.3) is 0 Å². The summed E-state index contributed by atoms with van der Waals surface area (Å²) in [6, 6.07) is 0. The molecular weight excluding hydrogens is 182 g/mol.